The number of hydrogen-bond acceptors (Lipinski definition) is 4. The number of nitrogens with one attached hydrogen (secondary N) is 2. The molecule has 0 aliphatic heterocycles. The summed E-state index contributed by atoms with van der Waals surface area (Å²) in [6.45, 7) is 9.35. The minimum Gasteiger partial charge on any atom is -0.506 e. The zero-order valence-corrected chi connectivity index (χ0v) is 15.9. The van der Waals surface area contributed by atoms with Crippen LogP contribution in [0.25, 0.3) is 0 Å². The highest BCUT2D eigenvalue weighted by Gasteiger charge is 2.11. The van der Waals surface area contributed by atoms with Gasteiger partial charge in [0, 0.05) is 24.0 Å². The van der Waals surface area contributed by atoms with E-state index >= 15 is 0 Å². The van der Waals surface area contributed by atoms with E-state index < -0.39 is 6.03 Å². The fourth-order valence-corrected chi connectivity index (χ4v) is 1.90. The van der Waals surface area contributed by atoms with Gasteiger partial charge in [0.15, 0.2) is 0 Å². The first-order valence-electron chi connectivity index (χ1n) is 8.59. The summed E-state index contributed by atoms with van der Waals surface area (Å²) in [6, 6.07) is 4.86. The number of rotatable bonds is 4. The summed E-state index contributed by atoms with van der Waals surface area (Å²) >= 11 is 0. The Morgan fingerprint density at radius 2 is 1.73 bits per heavy atom. The lowest BCUT2D eigenvalue weighted by Gasteiger charge is -2.12. The van der Waals surface area contributed by atoms with Crippen molar-refractivity contribution in [3.05, 3.63) is 53.1 Å². The van der Waals surface area contributed by atoms with Crippen molar-refractivity contribution < 1.29 is 19.4 Å². The van der Waals surface area contributed by atoms with Gasteiger partial charge >= 0.3 is 6.03 Å². The standard InChI is InChI=1S/C15H16FN3O3.2C2H6/c1-9-14(21)13(8-20)10(6-17-9)7-18-15(22)19-12-4-2-11(16)3-5-12;2*1-2/h2-6,20-21H,7-8H2,1H3,(H2,18,19,22);2*1-2H3. The van der Waals surface area contributed by atoms with Gasteiger partial charge in [0.2, 0.25) is 0 Å². The van der Waals surface area contributed by atoms with Crippen LogP contribution < -0.4 is 10.6 Å². The largest absolute Gasteiger partial charge is 0.506 e. The van der Waals surface area contributed by atoms with Crippen LogP contribution in [0.15, 0.2) is 30.5 Å². The average molecular weight is 365 g/mol. The summed E-state index contributed by atoms with van der Waals surface area (Å²) in [7, 11) is 0. The van der Waals surface area contributed by atoms with Gasteiger partial charge < -0.3 is 20.8 Å². The number of benzene rings is 1. The van der Waals surface area contributed by atoms with Crippen LogP contribution in [-0.2, 0) is 13.2 Å². The summed E-state index contributed by atoms with van der Waals surface area (Å²) in [5.41, 5.74) is 1.70. The molecule has 1 heterocycles. The van der Waals surface area contributed by atoms with Crippen molar-refractivity contribution in [2.75, 3.05) is 5.32 Å². The molecule has 0 atom stereocenters. The van der Waals surface area contributed by atoms with Gasteiger partial charge in [-0.25, -0.2) is 9.18 Å². The van der Waals surface area contributed by atoms with E-state index in [0.29, 0.717) is 22.5 Å². The van der Waals surface area contributed by atoms with E-state index in [-0.39, 0.29) is 24.7 Å². The number of nitrogens with zero attached hydrogens (tertiary/aromatic N) is 1. The molecule has 0 bridgehead atoms. The highest BCUT2D eigenvalue weighted by atomic mass is 19.1. The molecule has 0 aliphatic rings. The second kappa shape index (κ2) is 12.7. The van der Waals surface area contributed by atoms with Crippen LogP contribution in [0, 0.1) is 12.7 Å². The van der Waals surface area contributed by atoms with Crippen molar-refractivity contribution in [3.8, 4) is 5.75 Å². The van der Waals surface area contributed by atoms with Crippen LogP contribution in [0.3, 0.4) is 0 Å². The van der Waals surface area contributed by atoms with Crippen LogP contribution in [-0.4, -0.2) is 21.2 Å². The van der Waals surface area contributed by atoms with Crippen molar-refractivity contribution in [2.24, 2.45) is 0 Å². The molecule has 144 valence electrons. The topological polar surface area (TPSA) is 94.5 Å². The Morgan fingerprint density at radius 1 is 1.15 bits per heavy atom. The average Bonchev–Trinajstić information content (AvgIpc) is 2.68. The number of urea groups is 1. The SMILES string of the molecule is CC.CC.Cc1ncc(CNC(=O)Nc2ccc(F)cc2)c(CO)c1O. The van der Waals surface area contributed by atoms with Crippen molar-refractivity contribution >= 4 is 11.7 Å². The van der Waals surface area contributed by atoms with Gasteiger partial charge in [0.05, 0.1) is 12.3 Å². The molecule has 4 N–H and O–H groups in total. The predicted molar refractivity (Wildman–Crippen MR) is 102 cm³/mol. The number of halogens is 1. The van der Waals surface area contributed by atoms with E-state index in [9.17, 15) is 19.4 Å². The second-order valence-electron chi connectivity index (χ2n) is 4.67. The number of aromatic nitrogens is 1. The molecule has 1 aromatic carbocycles. The highest BCUT2D eigenvalue weighted by Crippen LogP contribution is 2.23. The third-order valence-electron chi connectivity index (χ3n) is 3.13. The second-order valence-corrected chi connectivity index (χ2v) is 4.67. The predicted octanol–water partition coefficient (Wildman–Crippen LogP) is 4.10. The van der Waals surface area contributed by atoms with Gasteiger partial charge in [-0.2, -0.15) is 0 Å². The summed E-state index contributed by atoms with van der Waals surface area (Å²) in [6.07, 6.45) is 1.48. The maximum absolute atomic E-state index is 12.8. The quantitative estimate of drug-likeness (QED) is 0.656. The van der Waals surface area contributed by atoms with Crippen LogP contribution >= 0.6 is 0 Å². The molecule has 2 amide bonds. The summed E-state index contributed by atoms with van der Waals surface area (Å²) in [4.78, 5) is 15.7. The number of amides is 2. The lowest BCUT2D eigenvalue weighted by molar-refractivity contribution is 0.251. The Bertz CT molecular complexity index is 676. The molecule has 0 saturated heterocycles. The molecule has 0 spiro atoms. The molecule has 0 saturated carbocycles. The fraction of sp³-hybridized carbons (Fsp3) is 0.368. The molecule has 6 nitrogen and oxygen atoms in total. The molecule has 2 rings (SSSR count). The van der Waals surface area contributed by atoms with Crippen LogP contribution in [0.4, 0.5) is 14.9 Å². The van der Waals surface area contributed by atoms with E-state index in [0.717, 1.165) is 0 Å². The number of carbonyl (C=O) groups excluding carboxylic acids is 1. The first-order valence-corrected chi connectivity index (χ1v) is 8.59. The lowest BCUT2D eigenvalue weighted by atomic mass is 10.1. The van der Waals surface area contributed by atoms with Gasteiger partial charge in [-0.05, 0) is 36.8 Å². The van der Waals surface area contributed by atoms with E-state index in [2.05, 4.69) is 15.6 Å². The third kappa shape index (κ3) is 7.06. The highest BCUT2D eigenvalue weighted by molar-refractivity contribution is 5.89. The minimum absolute atomic E-state index is 0.0826. The number of anilines is 1. The number of hydrogen-bond donors (Lipinski definition) is 4. The third-order valence-corrected chi connectivity index (χ3v) is 3.13. The number of aliphatic hydroxyl groups is 1. The number of pyridine rings is 1. The number of carbonyl (C=O) groups is 1. The minimum atomic E-state index is -0.490. The molecule has 1 aromatic heterocycles. The maximum Gasteiger partial charge on any atom is 0.319 e. The Kier molecular flexibility index (Phi) is 11.4. The lowest BCUT2D eigenvalue weighted by Crippen LogP contribution is -2.28. The van der Waals surface area contributed by atoms with Crippen molar-refractivity contribution in [1.82, 2.24) is 10.3 Å². The molecule has 0 radical (unpaired) electrons. The van der Waals surface area contributed by atoms with Crippen LogP contribution in [0.5, 0.6) is 5.75 Å². The Balaban J connectivity index is 0.00000146. The first-order chi connectivity index (χ1) is 12.5. The zero-order valence-electron chi connectivity index (χ0n) is 15.9. The fourth-order valence-electron chi connectivity index (χ4n) is 1.90. The van der Waals surface area contributed by atoms with Crippen LogP contribution in [0.1, 0.15) is 44.5 Å². The van der Waals surface area contributed by atoms with Crippen molar-refractivity contribution in [1.29, 1.82) is 0 Å². The summed E-state index contributed by atoms with van der Waals surface area (Å²) < 4.78 is 12.8. The monoisotopic (exact) mass is 365 g/mol. The molecular weight excluding hydrogens is 337 g/mol. The van der Waals surface area contributed by atoms with Gasteiger partial charge in [-0.3, -0.25) is 4.98 Å². The molecule has 2 aromatic rings. The van der Waals surface area contributed by atoms with E-state index in [4.69, 9.17) is 0 Å². The summed E-state index contributed by atoms with van der Waals surface area (Å²) in [5.74, 6) is -0.472. The van der Waals surface area contributed by atoms with E-state index in [1.165, 1.54) is 30.5 Å². The summed E-state index contributed by atoms with van der Waals surface area (Å²) in [5, 5.41) is 24.2. The smallest absolute Gasteiger partial charge is 0.319 e. The molecule has 26 heavy (non-hydrogen) atoms. The molecule has 0 fully saturated rings. The first kappa shape index (κ1) is 23.3. The Hall–Kier alpha value is -2.67. The normalized spacial score (nSPS) is 9.19. The van der Waals surface area contributed by atoms with Crippen molar-refractivity contribution in [3.63, 3.8) is 0 Å². The van der Waals surface area contributed by atoms with E-state index in [1.54, 1.807) is 6.92 Å². The van der Waals surface area contributed by atoms with E-state index in [1.807, 2.05) is 27.7 Å². The van der Waals surface area contributed by atoms with Gasteiger partial charge in [-0.1, -0.05) is 27.7 Å². The Labute approximate surface area is 154 Å². The van der Waals surface area contributed by atoms with Crippen LogP contribution in [0.2, 0.25) is 0 Å². The molecule has 7 heteroatoms. The zero-order chi connectivity index (χ0) is 20.1. The number of aliphatic hydroxyl groups excluding tert-OH is 1. The van der Waals surface area contributed by atoms with Gasteiger partial charge in [0.25, 0.3) is 0 Å². The number of aromatic hydroxyl groups is 1. The molecule has 0 unspecified atom stereocenters. The number of aryl methyl sites for hydroxylation is 1. The van der Waals surface area contributed by atoms with Crippen molar-refractivity contribution in [2.45, 2.75) is 47.8 Å². The maximum atomic E-state index is 12.8. The Morgan fingerprint density at radius 3 is 2.27 bits per heavy atom. The van der Waals surface area contributed by atoms with Gasteiger partial charge in [0.1, 0.15) is 11.6 Å². The molecule has 0 aliphatic carbocycles. The van der Waals surface area contributed by atoms with Gasteiger partial charge in [-0.15, -0.1) is 0 Å². The molecular formula is C19H28FN3O3.